The zero-order chi connectivity index (χ0) is 14.9. The standard InChI is InChI=1S/C17H23NO2S/c1-4-21-16-14(13-7-5-6-8-15(13)18-16)9-12-10-19-17(2,3)20-11-12/h5-8,12,18H,4,9-11H2,1-3H3. The molecule has 0 unspecified atom stereocenters. The van der Waals surface area contributed by atoms with Crippen LogP contribution in [0.1, 0.15) is 26.3 Å². The highest BCUT2D eigenvalue weighted by Gasteiger charge is 2.29. The van der Waals surface area contributed by atoms with E-state index in [0.717, 1.165) is 25.4 Å². The highest BCUT2D eigenvalue weighted by atomic mass is 32.2. The van der Waals surface area contributed by atoms with Crippen molar-refractivity contribution in [3.8, 4) is 0 Å². The Morgan fingerprint density at radius 3 is 2.67 bits per heavy atom. The van der Waals surface area contributed by atoms with Gasteiger partial charge >= 0.3 is 0 Å². The molecule has 2 heterocycles. The number of rotatable bonds is 4. The number of para-hydroxylation sites is 1. The fourth-order valence-electron chi connectivity index (χ4n) is 2.78. The minimum atomic E-state index is -0.433. The van der Waals surface area contributed by atoms with E-state index in [1.54, 1.807) is 0 Å². The molecule has 1 aromatic heterocycles. The Balaban J connectivity index is 1.84. The lowest BCUT2D eigenvalue weighted by Crippen LogP contribution is -2.39. The Hall–Kier alpha value is -0.970. The summed E-state index contributed by atoms with van der Waals surface area (Å²) in [6.07, 6.45) is 1.00. The van der Waals surface area contributed by atoms with Crippen LogP contribution in [0, 0.1) is 5.92 Å². The van der Waals surface area contributed by atoms with Crippen LogP contribution < -0.4 is 0 Å². The second kappa shape index (κ2) is 6.03. The van der Waals surface area contributed by atoms with Crippen LogP contribution >= 0.6 is 11.8 Å². The number of ether oxygens (including phenoxy) is 2. The third kappa shape index (κ3) is 3.28. The lowest BCUT2D eigenvalue weighted by molar-refractivity contribution is -0.261. The van der Waals surface area contributed by atoms with Crippen molar-refractivity contribution in [1.82, 2.24) is 4.98 Å². The first kappa shape index (κ1) is 14.9. The zero-order valence-corrected chi connectivity index (χ0v) is 13.8. The molecule has 0 bridgehead atoms. The zero-order valence-electron chi connectivity index (χ0n) is 12.9. The number of H-pyrrole nitrogens is 1. The molecule has 3 nitrogen and oxygen atoms in total. The van der Waals surface area contributed by atoms with Gasteiger partial charge in [0.2, 0.25) is 0 Å². The lowest BCUT2D eigenvalue weighted by Gasteiger charge is -2.35. The van der Waals surface area contributed by atoms with Gasteiger partial charge in [0.05, 0.1) is 18.2 Å². The predicted molar refractivity (Wildman–Crippen MR) is 87.9 cm³/mol. The van der Waals surface area contributed by atoms with E-state index in [2.05, 4.69) is 36.2 Å². The largest absolute Gasteiger partial charge is 0.350 e. The number of fused-ring (bicyclic) bond motifs is 1. The molecular formula is C17H23NO2S. The number of aromatic nitrogens is 1. The summed E-state index contributed by atoms with van der Waals surface area (Å²) in [5.41, 5.74) is 2.63. The van der Waals surface area contributed by atoms with Crippen molar-refractivity contribution < 1.29 is 9.47 Å². The summed E-state index contributed by atoms with van der Waals surface area (Å²) in [6, 6.07) is 8.54. The van der Waals surface area contributed by atoms with Crippen molar-refractivity contribution in [2.24, 2.45) is 5.92 Å². The molecule has 1 N–H and O–H groups in total. The van der Waals surface area contributed by atoms with Gasteiger partial charge in [0.25, 0.3) is 0 Å². The summed E-state index contributed by atoms with van der Waals surface area (Å²) >= 11 is 1.88. The Morgan fingerprint density at radius 2 is 1.95 bits per heavy atom. The van der Waals surface area contributed by atoms with Crippen LogP contribution in [0.5, 0.6) is 0 Å². The summed E-state index contributed by atoms with van der Waals surface area (Å²) in [5.74, 6) is 1.07. The molecule has 0 saturated carbocycles. The van der Waals surface area contributed by atoms with Gasteiger partial charge in [-0.2, -0.15) is 0 Å². The van der Waals surface area contributed by atoms with E-state index in [4.69, 9.17) is 9.47 Å². The minimum Gasteiger partial charge on any atom is -0.350 e. The summed E-state index contributed by atoms with van der Waals surface area (Å²) in [7, 11) is 0. The second-order valence-corrected chi connectivity index (χ2v) is 7.28. The molecular weight excluding hydrogens is 282 g/mol. The van der Waals surface area contributed by atoms with Crippen molar-refractivity contribution in [3.05, 3.63) is 29.8 Å². The van der Waals surface area contributed by atoms with Crippen LogP contribution in [0.2, 0.25) is 0 Å². The highest BCUT2D eigenvalue weighted by Crippen LogP contribution is 2.33. The molecule has 0 aliphatic carbocycles. The van der Waals surface area contributed by atoms with Crippen molar-refractivity contribution in [1.29, 1.82) is 0 Å². The first-order valence-corrected chi connectivity index (χ1v) is 8.58. The van der Waals surface area contributed by atoms with Gasteiger partial charge in [-0.1, -0.05) is 25.1 Å². The van der Waals surface area contributed by atoms with Crippen molar-refractivity contribution >= 4 is 22.7 Å². The van der Waals surface area contributed by atoms with Gasteiger partial charge < -0.3 is 14.5 Å². The molecule has 3 rings (SSSR count). The number of benzene rings is 1. The fraction of sp³-hybridized carbons (Fsp3) is 0.529. The van der Waals surface area contributed by atoms with Crippen LogP contribution in [0.3, 0.4) is 0 Å². The van der Waals surface area contributed by atoms with Crippen molar-refractivity contribution in [3.63, 3.8) is 0 Å². The third-order valence-corrected chi connectivity index (χ3v) is 4.82. The van der Waals surface area contributed by atoms with E-state index in [-0.39, 0.29) is 0 Å². The van der Waals surface area contributed by atoms with Crippen LogP contribution in [0.15, 0.2) is 29.3 Å². The van der Waals surface area contributed by atoms with E-state index in [0.29, 0.717) is 5.92 Å². The molecule has 1 aliphatic heterocycles. The monoisotopic (exact) mass is 305 g/mol. The number of aromatic amines is 1. The molecule has 1 aliphatic rings. The predicted octanol–water partition coefficient (Wildman–Crippen LogP) is 4.22. The SMILES string of the molecule is CCSc1[nH]c2ccccc2c1CC1COC(C)(C)OC1. The first-order valence-electron chi connectivity index (χ1n) is 7.59. The Morgan fingerprint density at radius 1 is 1.24 bits per heavy atom. The van der Waals surface area contributed by atoms with Gasteiger partial charge in [0.15, 0.2) is 5.79 Å². The van der Waals surface area contributed by atoms with Crippen LogP contribution in [0.25, 0.3) is 10.9 Å². The van der Waals surface area contributed by atoms with E-state index in [1.807, 2.05) is 25.6 Å². The molecule has 1 fully saturated rings. The molecule has 114 valence electrons. The summed E-state index contributed by atoms with van der Waals surface area (Å²) in [6.45, 7) is 7.68. The van der Waals surface area contributed by atoms with Crippen LogP contribution in [-0.2, 0) is 15.9 Å². The Labute approximate surface area is 130 Å². The quantitative estimate of drug-likeness (QED) is 0.859. The fourth-order valence-corrected chi connectivity index (χ4v) is 3.62. The van der Waals surface area contributed by atoms with Crippen molar-refractivity contribution in [2.45, 2.75) is 38.0 Å². The normalized spacial score (nSPS) is 19.2. The van der Waals surface area contributed by atoms with E-state index in [1.165, 1.54) is 21.5 Å². The number of thioether (sulfide) groups is 1. The van der Waals surface area contributed by atoms with E-state index in [9.17, 15) is 0 Å². The summed E-state index contributed by atoms with van der Waals surface area (Å²) < 4.78 is 11.6. The number of hydrogen-bond donors (Lipinski definition) is 1. The maximum atomic E-state index is 5.80. The molecule has 0 atom stereocenters. The molecule has 4 heteroatoms. The maximum absolute atomic E-state index is 5.80. The van der Waals surface area contributed by atoms with E-state index >= 15 is 0 Å². The average Bonchev–Trinajstić information content (AvgIpc) is 2.80. The van der Waals surface area contributed by atoms with Crippen LogP contribution in [-0.4, -0.2) is 29.7 Å². The van der Waals surface area contributed by atoms with Gasteiger partial charge in [-0.3, -0.25) is 0 Å². The van der Waals surface area contributed by atoms with Gasteiger partial charge in [-0.05, 0) is 37.7 Å². The summed E-state index contributed by atoms with van der Waals surface area (Å²) in [5, 5.41) is 2.63. The van der Waals surface area contributed by atoms with Crippen LogP contribution in [0.4, 0.5) is 0 Å². The van der Waals surface area contributed by atoms with E-state index < -0.39 is 5.79 Å². The first-order chi connectivity index (χ1) is 10.1. The maximum Gasteiger partial charge on any atom is 0.162 e. The molecule has 0 spiro atoms. The third-order valence-electron chi connectivity index (χ3n) is 3.89. The molecule has 21 heavy (non-hydrogen) atoms. The molecule has 0 radical (unpaired) electrons. The Bertz CT molecular complexity index is 610. The molecule has 1 aromatic carbocycles. The molecule has 2 aromatic rings. The van der Waals surface area contributed by atoms with Crippen molar-refractivity contribution in [2.75, 3.05) is 19.0 Å². The average molecular weight is 305 g/mol. The summed E-state index contributed by atoms with van der Waals surface area (Å²) in [4.78, 5) is 3.55. The number of hydrogen-bond acceptors (Lipinski definition) is 3. The van der Waals surface area contributed by atoms with Gasteiger partial charge in [0.1, 0.15) is 0 Å². The van der Waals surface area contributed by atoms with Gasteiger partial charge in [-0.15, -0.1) is 11.8 Å². The topological polar surface area (TPSA) is 34.2 Å². The smallest absolute Gasteiger partial charge is 0.162 e. The molecule has 1 saturated heterocycles. The van der Waals surface area contributed by atoms with Gasteiger partial charge in [-0.25, -0.2) is 0 Å². The number of nitrogens with one attached hydrogen (secondary N) is 1. The highest BCUT2D eigenvalue weighted by molar-refractivity contribution is 7.99. The van der Waals surface area contributed by atoms with Gasteiger partial charge in [0, 0.05) is 16.8 Å². The lowest BCUT2D eigenvalue weighted by atomic mass is 9.99. The Kier molecular flexibility index (Phi) is 4.29. The second-order valence-electron chi connectivity index (χ2n) is 6.00. The minimum absolute atomic E-state index is 0.424. The molecule has 0 amide bonds.